The molecule has 0 spiro atoms. The number of aromatic nitrogens is 7. The second-order valence-electron chi connectivity index (χ2n) is 18.4. The number of hydrogen-bond acceptors (Lipinski definition) is 2. The molecule has 12 aromatic rings. The minimum atomic E-state index is -4.46. The molecule has 0 amide bonds. The van der Waals surface area contributed by atoms with Crippen LogP contribution in [-0.2, 0) is 26.3 Å². The number of benzene rings is 8. The number of hydrogen-bond donors (Lipinski definition) is 0. The van der Waals surface area contributed by atoms with E-state index < -0.39 is 11.9 Å². The summed E-state index contributed by atoms with van der Waals surface area (Å²) in [5, 5.41) is 6.47. The number of alkyl halides is 3. The molecule has 0 bridgehead atoms. The Kier molecular flexibility index (Phi) is 16.8. The van der Waals surface area contributed by atoms with Crippen molar-refractivity contribution in [2.45, 2.75) is 33.9 Å². The first-order chi connectivity index (χ1) is 37.5. The quantitative estimate of drug-likeness (QED) is 0.107. The number of aryl methyl sites for hydroxylation is 4. The maximum atomic E-state index is 12.2. The Morgan fingerprint density at radius 3 is 1.23 bits per heavy atom. The fraction of sp³-hybridized carbons (Fsp3) is 0.0746. The Morgan fingerprint density at radius 2 is 0.859 bits per heavy atom. The molecule has 4 heterocycles. The third kappa shape index (κ3) is 12.3. The number of imidazole rings is 2. The Bertz CT molecular complexity index is 3470. The monoisotopic (exact) mass is 1200 g/mol. The summed E-state index contributed by atoms with van der Waals surface area (Å²) in [6.07, 6.45) is 4.30. The number of pyridine rings is 1. The SMILES string of the molecule is Cc1cc[c-]c(-n2[c-][n+](-c3cccc(C)c3)c(-c3ccccc3)c2-c2ccccc2)c1.Cc1cc[c-]c(-n2[c-][n+](-c3cccc(C)c3)c(-c3ccccc3)c2-c2ccccc2)c1.FC(F)(F)c1cc(-c2ccccn2)[n-]n1.[Ir]. The van der Waals surface area contributed by atoms with Crippen LogP contribution in [0, 0.1) is 52.5 Å². The van der Waals surface area contributed by atoms with Gasteiger partial charge in [-0.2, -0.15) is 72.8 Å². The summed E-state index contributed by atoms with van der Waals surface area (Å²) in [6.45, 7) is 8.46. The molecule has 7 nitrogen and oxygen atoms in total. The molecule has 4 aromatic heterocycles. The normalized spacial score (nSPS) is 10.9. The zero-order chi connectivity index (χ0) is 53.3. The van der Waals surface area contributed by atoms with Crippen molar-refractivity contribution in [3.8, 4) is 79.2 Å². The number of rotatable bonds is 9. The average Bonchev–Trinajstić information content (AvgIpc) is 4.23. The van der Waals surface area contributed by atoms with Crippen LogP contribution in [0.25, 0.3) is 79.2 Å². The third-order valence-electron chi connectivity index (χ3n) is 12.6. The summed E-state index contributed by atoms with van der Waals surface area (Å²) in [7, 11) is 0. The minimum absolute atomic E-state index is 0. The summed E-state index contributed by atoms with van der Waals surface area (Å²) in [5.41, 5.74) is 17.4. The van der Waals surface area contributed by atoms with Crippen LogP contribution in [0.3, 0.4) is 0 Å². The maximum absolute atomic E-state index is 12.2. The molecule has 0 fully saturated rings. The van der Waals surface area contributed by atoms with Gasteiger partial charge in [0.05, 0.1) is 34.2 Å². The van der Waals surface area contributed by atoms with Gasteiger partial charge in [-0.1, -0.05) is 182 Å². The molecule has 0 aliphatic rings. The molecular weight excluding hydrogens is 1150 g/mol. The Hall–Kier alpha value is -9.02. The van der Waals surface area contributed by atoms with Crippen molar-refractivity contribution in [3.63, 3.8) is 0 Å². The van der Waals surface area contributed by atoms with E-state index in [9.17, 15) is 13.2 Å². The van der Waals surface area contributed by atoms with Crippen LogP contribution in [0.2, 0.25) is 0 Å². The first-order valence-corrected chi connectivity index (χ1v) is 25.0. The average molecular weight is 1200 g/mol. The fourth-order valence-corrected chi connectivity index (χ4v) is 8.99. The van der Waals surface area contributed by atoms with Crippen molar-refractivity contribution in [1.29, 1.82) is 0 Å². The van der Waals surface area contributed by atoms with Gasteiger partial charge in [-0.05, 0) is 89.9 Å². The minimum Gasteiger partial charge on any atom is -0.573 e. The summed E-state index contributed by atoms with van der Waals surface area (Å²) in [5.74, 6) is 0. The van der Waals surface area contributed by atoms with Crippen LogP contribution in [0.1, 0.15) is 27.9 Å². The van der Waals surface area contributed by atoms with Crippen molar-refractivity contribution in [2.24, 2.45) is 0 Å². The molecule has 0 aliphatic heterocycles. The fourth-order valence-electron chi connectivity index (χ4n) is 8.99. The molecule has 0 N–H and O–H groups in total. The van der Waals surface area contributed by atoms with Gasteiger partial charge >= 0.3 is 6.18 Å². The van der Waals surface area contributed by atoms with Crippen LogP contribution >= 0.6 is 0 Å². The van der Waals surface area contributed by atoms with Gasteiger partial charge in [-0.15, -0.1) is 0 Å². The third-order valence-corrected chi connectivity index (χ3v) is 12.6. The van der Waals surface area contributed by atoms with E-state index >= 15 is 0 Å². The predicted octanol–water partition coefficient (Wildman–Crippen LogP) is 14.7. The van der Waals surface area contributed by atoms with Crippen LogP contribution in [0.5, 0.6) is 0 Å². The molecule has 11 heteroatoms. The molecule has 78 heavy (non-hydrogen) atoms. The van der Waals surface area contributed by atoms with Crippen LogP contribution < -0.4 is 14.2 Å². The summed E-state index contributed by atoms with van der Waals surface area (Å²) in [6, 6.07) is 84.2. The molecule has 0 aliphatic carbocycles. The predicted molar refractivity (Wildman–Crippen MR) is 296 cm³/mol. The van der Waals surface area contributed by atoms with Crippen LogP contribution in [0.4, 0.5) is 13.2 Å². The second-order valence-corrected chi connectivity index (χ2v) is 18.4. The van der Waals surface area contributed by atoms with Crippen LogP contribution in [0.15, 0.2) is 237 Å². The van der Waals surface area contributed by atoms with Gasteiger partial charge in [0, 0.05) is 32.0 Å². The zero-order valence-corrected chi connectivity index (χ0v) is 45.5. The smallest absolute Gasteiger partial charge is 0.431 e. The summed E-state index contributed by atoms with van der Waals surface area (Å²) < 4.78 is 45.2. The van der Waals surface area contributed by atoms with Gasteiger partial charge in [0.2, 0.25) is 0 Å². The van der Waals surface area contributed by atoms with E-state index in [4.69, 9.17) is 0 Å². The van der Waals surface area contributed by atoms with Crippen molar-refractivity contribution < 1.29 is 42.4 Å². The molecule has 0 unspecified atom stereocenters. The van der Waals surface area contributed by atoms with Crippen molar-refractivity contribution >= 4 is 0 Å². The van der Waals surface area contributed by atoms with E-state index in [0.29, 0.717) is 5.69 Å². The molecule has 0 atom stereocenters. The van der Waals surface area contributed by atoms with Gasteiger partial charge in [-0.25, -0.2) is 0 Å². The number of nitrogens with zero attached hydrogens (tertiary/aromatic N) is 7. The standard InChI is InChI=1S/2C29H23N2.C9H5F3N3.Ir/c2*1-22-11-9-17-26(19-22)30-21-31(27-18-10-12-23(2)20-27)29(25-15-7-4-8-16-25)28(30)24-13-5-3-6-14-24;10-9(11,12)8-5-7(14-15-8)6-3-1-2-4-13-6;/h2*3-17,19-20H,1-2H3;1-5H;/q3*-1;. The van der Waals surface area contributed by atoms with E-state index in [1.807, 2.05) is 12.1 Å². The van der Waals surface area contributed by atoms with Gasteiger partial charge in [0.1, 0.15) is 5.69 Å². The molecule has 1 radical (unpaired) electrons. The number of halogens is 3. The Balaban J connectivity index is 0.000000150. The molecule has 8 aromatic carbocycles. The van der Waals surface area contributed by atoms with E-state index in [1.54, 1.807) is 18.2 Å². The van der Waals surface area contributed by atoms with Crippen molar-refractivity contribution in [3.05, 3.63) is 289 Å². The van der Waals surface area contributed by atoms with Gasteiger partial charge in [-0.3, -0.25) is 14.1 Å². The largest absolute Gasteiger partial charge is 0.573 e. The molecular formula is C67H51F3IrN7-3. The Labute approximate surface area is 466 Å². The van der Waals surface area contributed by atoms with E-state index in [1.165, 1.54) is 28.5 Å². The van der Waals surface area contributed by atoms with Crippen molar-refractivity contribution in [1.82, 2.24) is 24.3 Å². The second kappa shape index (κ2) is 24.3. The maximum Gasteiger partial charge on any atom is 0.431 e. The van der Waals surface area contributed by atoms with E-state index in [2.05, 4.69) is 280 Å². The Morgan fingerprint density at radius 1 is 0.449 bits per heavy atom. The zero-order valence-electron chi connectivity index (χ0n) is 43.1. The first-order valence-electron chi connectivity index (χ1n) is 25.0. The first kappa shape index (κ1) is 53.8. The van der Waals surface area contributed by atoms with Gasteiger partial charge in [0.15, 0.2) is 0 Å². The van der Waals surface area contributed by atoms with E-state index in [-0.39, 0.29) is 25.8 Å². The topological polar surface area (TPSA) is 57.5 Å². The van der Waals surface area contributed by atoms with Crippen LogP contribution in [-0.4, -0.2) is 19.2 Å². The van der Waals surface area contributed by atoms with Gasteiger partial charge in [0.25, 0.3) is 12.7 Å². The van der Waals surface area contributed by atoms with Gasteiger partial charge < -0.3 is 19.3 Å². The van der Waals surface area contributed by atoms with E-state index in [0.717, 1.165) is 73.8 Å². The molecule has 387 valence electrons. The molecule has 12 rings (SSSR count). The molecule has 0 saturated carbocycles. The van der Waals surface area contributed by atoms with Crippen molar-refractivity contribution in [2.75, 3.05) is 0 Å². The summed E-state index contributed by atoms with van der Waals surface area (Å²) in [4.78, 5) is 3.87. The molecule has 0 saturated heterocycles. The summed E-state index contributed by atoms with van der Waals surface area (Å²) >= 11 is 0.